The Morgan fingerprint density at radius 2 is 1.79 bits per heavy atom. The molecule has 0 radical (unpaired) electrons. The number of aromatic hydroxyl groups is 1. The van der Waals surface area contributed by atoms with Crippen LogP contribution in [0.15, 0.2) is 79.3 Å². The van der Waals surface area contributed by atoms with Gasteiger partial charge in [0.05, 0.1) is 5.56 Å². The Balaban J connectivity index is 1.59. The van der Waals surface area contributed by atoms with Crippen molar-refractivity contribution < 1.29 is 14.7 Å². The Morgan fingerprint density at radius 3 is 2.54 bits per heavy atom. The number of hydrogen-bond acceptors (Lipinski definition) is 6. The van der Waals surface area contributed by atoms with Crippen LogP contribution in [0.5, 0.6) is 11.6 Å². The molecular formula is C20H15N5O3. The number of nitrogens with zero attached hydrogens (tertiary/aromatic N) is 4. The summed E-state index contributed by atoms with van der Waals surface area (Å²) in [5.74, 6) is -0.0320. The van der Waals surface area contributed by atoms with E-state index in [9.17, 15) is 9.90 Å². The third-order valence-corrected chi connectivity index (χ3v) is 3.93. The maximum Gasteiger partial charge on any atom is 0.283 e. The maximum atomic E-state index is 12.2. The van der Waals surface area contributed by atoms with Gasteiger partial charge in [-0.3, -0.25) is 4.79 Å². The largest absolute Gasteiger partial charge is 0.493 e. The number of benzene rings is 2. The number of amides is 1. The summed E-state index contributed by atoms with van der Waals surface area (Å²) in [6, 6.07) is 17.4. The van der Waals surface area contributed by atoms with E-state index in [1.165, 1.54) is 10.9 Å². The van der Waals surface area contributed by atoms with Crippen molar-refractivity contribution in [3.8, 4) is 28.7 Å². The Bertz CT molecular complexity index is 1100. The van der Waals surface area contributed by atoms with E-state index in [-0.39, 0.29) is 17.7 Å². The summed E-state index contributed by atoms with van der Waals surface area (Å²) in [4.78, 5) is 26.0. The zero-order valence-electron chi connectivity index (χ0n) is 14.6. The number of para-hydroxylation sites is 1. The summed E-state index contributed by atoms with van der Waals surface area (Å²) in [6.45, 7) is 0. The zero-order valence-corrected chi connectivity index (χ0v) is 14.6. The second-order valence-electron chi connectivity index (χ2n) is 5.75. The summed E-state index contributed by atoms with van der Waals surface area (Å²) >= 11 is 0. The van der Waals surface area contributed by atoms with Crippen LogP contribution in [-0.2, 0) is 0 Å². The monoisotopic (exact) mass is 373 g/mol. The first-order valence-corrected chi connectivity index (χ1v) is 8.40. The van der Waals surface area contributed by atoms with E-state index in [0.717, 1.165) is 0 Å². The number of nitrogens with one attached hydrogen (secondary N) is 1. The molecule has 0 fully saturated rings. The van der Waals surface area contributed by atoms with Crippen molar-refractivity contribution in [1.29, 1.82) is 0 Å². The predicted molar refractivity (Wildman–Crippen MR) is 101 cm³/mol. The van der Waals surface area contributed by atoms with E-state index in [1.807, 2.05) is 6.07 Å². The highest BCUT2D eigenvalue weighted by Crippen LogP contribution is 2.34. The fraction of sp³-hybridized carbons (Fsp3) is 0. The van der Waals surface area contributed by atoms with Crippen LogP contribution in [0.1, 0.15) is 10.4 Å². The van der Waals surface area contributed by atoms with Gasteiger partial charge in [0, 0.05) is 29.7 Å². The lowest BCUT2D eigenvalue weighted by atomic mass is 10.1. The molecule has 138 valence electrons. The molecule has 28 heavy (non-hydrogen) atoms. The van der Waals surface area contributed by atoms with Crippen molar-refractivity contribution in [2.24, 2.45) is 0 Å². The van der Waals surface area contributed by atoms with Gasteiger partial charge >= 0.3 is 0 Å². The van der Waals surface area contributed by atoms with Gasteiger partial charge in [-0.05, 0) is 24.3 Å². The molecule has 0 bridgehead atoms. The average Bonchev–Trinajstić information content (AvgIpc) is 3.28. The van der Waals surface area contributed by atoms with Crippen molar-refractivity contribution in [3.05, 3.63) is 84.8 Å². The molecule has 1 amide bonds. The van der Waals surface area contributed by atoms with Gasteiger partial charge in [-0.15, -0.1) is 0 Å². The predicted octanol–water partition coefficient (Wildman–Crippen LogP) is 2.76. The van der Waals surface area contributed by atoms with Crippen LogP contribution in [0, 0.1) is 0 Å². The highest BCUT2D eigenvalue weighted by Gasteiger charge is 2.15. The lowest BCUT2D eigenvalue weighted by molar-refractivity contribution is 0.0761. The van der Waals surface area contributed by atoms with Gasteiger partial charge in [-0.25, -0.2) is 9.67 Å². The topological polar surface area (TPSA) is 102 Å². The molecule has 0 spiro atoms. The van der Waals surface area contributed by atoms with Crippen molar-refractivity contribution in [2.45, 2.75) is 0 Å². The fourth-order valence-electron chi connectivity index (χ4n) is 2.58. The molecular weight excluding hydrogens is 358 g/mol. The van der Waals surface area contributed by atoms with Crippen molar-refractivity contribution in [2.75, 3.05) is 0 Å². The van der Waals surface area contributed by atoms with E-state index in [2.05, 4.69) is 20.5 Å². The molecule has 0 aliphatic heterocycles. The number of aromatic nitrogens is 4. The molecule has 4 aromatic rings. The third kappa shape index (κ3) is 3.51. The Morgan fingerprint density at radius 1 is 1.00 bits per heavy atom. The molecule has 2 aromatic carbocycles. The molecule has 4 rings (SSSR count). The smallest absolute Gasteiger partial charge is 0.283 e. The molecule has 2 aromatic heterocycles. The number of hydrogen-bond donors (Lipinski definition) is 2. The summed E-state index contributed by atoms with van der Waals surface area (Å²) in [5, 5.41) is 14.4. The van der Waals surface area contributed by atoms with Crippen LogP contribution in [0.3, 0.4) is 0 Å². The van der Waals surface area contributed by atoms with Crippen LogP contribution in [-0.4, -0.2) is 30.8 Å². The maximum absolute atomic E-state index is 12.2. The van der Waals surface area contributed by atoms with E-state index in [0.29, 0.717) is 22.4 Å². The first kappa shape index (κ1) is 17.2. The standard InChI is InChI=1S/C20H15N5O3/c26-18(14-7-2-1-3-8-14)24-28-17-10-5-4-9-15(17)16-13-21-20(23-19(16)27)25-12-6-11-22-25/h1-13H,(H,24,26)(H,21,23,27). The average molecular weight is 373 g/mol. The Kier molecular flexibility index (Phi) is 4.67. The Hall–Kier alpha value is -4.20. The van der Waals surface area contributed by atoms with Gasteiger partial charge in [0.1, 0.15) is 0 Å². The minimum atomic E-state index is -0.384. The quantitative estimate of drug-likeness (QED) is 0.522. The van der Waals surface area contributed by atoms with E-state index in [1.54, 1.807) is 67.0 Å². The summed E-state index contributed by atoms with van der Waals surface area (Å²) < 4.78 is 1.44. The zero-order chi connectivity index (χ0) is 19.3. The number of rotatable bonds is 5. The normalized spacial score (nSPS) is 10.4. The molecule has 0 aliphatic carbocycles. The molecule has 0 saturated carbocycles. The molecule has 0 aliphatic rings. The number of carbonyl (C=O) groups is 1. The van der Waals surface area contributed by atoms with Crippen LogP contribution in [0.2, 0.25) is 0 Å². The van der Waals surface area contributed by atoms with Crippen LogP contribution in [0.25, 0.3) is 17.1 Å². The molecule has 8 nitrogen and oxygen atoms in total. The molecule has 0 atom stereocenters. The molecule has 0 unspecified atom stereocenters. The van der Waals surface area contributed by atoms with Crippen LogP contribution >= 0.6 is 0 Å². The van der Waals surface area contributed by atoms with Gasteiger partial charge < -0.3 is 9.94 Å². The lowest BCUT2D eigenvalue weighted by Crippen LogP contribution is -2.27. The minimum Gasteiger partial charge on any atom is -0.493 e. The highest BCUT2D eigenvalue weighted by molar-refractivity contribution is 5.93. The van der Waals surface area contributed by atoms with Crippen LogP contribution < -0.4 is 10.3 Å². The molecule has 8 heteroatoms. The summed E-state index contributed by atoms with van der Waals surface area (Å²) in [7, 11) is 0. The van der Waals surface area contributed by atoms with Gasteiger partial charge in [-0.2, -0.15) is 15.6 Å². The van der Waals surface area contributed by atoms with Crippen molar-refractivity contribution in [1.82, 2.24) is 25.2 Å². The number of hydroxylamine groups is 1. The van der Waals surface area contributed by atoms with Crippen molar-refractivity contribution in [3.63, 3.8) is 0 Å². The van der Waals surface area contributed by atoms with Gasteiger partial charge in [0.15, 0.2) is 5.75 Å². The lowest BCUT2D eigenvalue weighted by Gasteiger charge is -2.12. The minimum absolute atomic E-state index is 0.231. The van der Waals surface area contributed by atoms with Crippen LogP contribution in [0.4, 0.5) is 0 Å². The summed E-state index contributed by atoms with van der Waals surface area (Å²) in [5.41, 5.74) is 3.76. The van der Waals surface area contributed by atoms with E-state index >= 15 is 0 Å². The fourth-order valence-corrected chi connectivity index (χ4v) is 2.58. The van der Waals surface area contributed by atoms with Gasteiger partial charge in [0.25, 0.3) is 11.9 Å². The number of carbonyl (C=O) groups excluding carboxylic acids is 1. The molecule has 0 saturated heterocycles. The molecule has 2 N–H and O–H groups in total. The Labute approximate surface area is 160 Å². The molecule has 2 heterocycles. The summed E-state index contributed by atoms with van der Waals surface area (Å²) in [6.07, 6.45) is 4.73. The third-order valence-electron chi connectivity index (χ3n) is 3.93. The second kappa shape index (κ2) is 7.58. The van der Waals surface area contributed by atoms with Gasteiger partial charge in [-0.1, -0.05) is 36.4 Å². The van der Waals surface area contributed by atoms with E-state index < -0.39 is 0 Å². The second-order valence-corrected chi connectivity index (χ2v) is 5.75. The van der Waals surface area contributed by atoms with Gasteiger partial charge in [0.2, 0.25) is 5.88 Å². The van der Waals surface area contributed by atoms with E-state index in [4.69, 9.17) is 4.84 Å². The highest BCUT2D eigenvalue weighted by atomic mass is 16.7. The van der Waals surface area contributed by atoms with Crippen molar-refractivity contribution >= 4 is 5.91 Å². The SMILES string of the molecule is O=C(NOc1ccccc1-c1cnc(-n2cccn2)nc1O)c1ccccc1. The first-order valence-electron chi connectivity index (χ1n) is 8.40. The first-order chi connectivity index (χ1) is 13.7.